The Balaban J connectivity index is 2.58. The van der Waals surface area contributed by atoms with E-state index >= 15 is 0 Å². The van der Waals surface area contributed by atoms with Gasteiger partial charge in [0.2, 0.25) is 5.91 Å². The fourth-order valence-corrected chi connectivity index (χ4v) is 1.82. The van der Waals surface area contributed by atoms with E-state index in [9.17, 15) is 14.4 Å². The Kier molecular flexibility index (Phi) is 2.99. The van der Waals surface area contributed by atoms with Gasteiger partial charge in [0.25, 0.3) is 5.24 Å². The smallest absolute Gasteiger partial charge is 0.286 e. The van der Waals surface area contributed by atoms with Gasteiger partial charge in [0.05, 0.1) is 0 Å². The Labute approximate surface area is 86.8 Å². The summed E-state index contributed by atoms with van der Waals surface area (Å²) in [4.78, 5) is 33.5. The summed E-state index contributed by atoms with van der Waals surface area (Å²) in [5.41, 5.74) is -0.452. The summed E-state index contributed by atoms with van der Waals surface area (Å²) in [6, 6.07) is 0. The quantitative estimate of drug-likeness (QED) is 0.755. The molecule has 0 aromatic rings. The van der Waals surface area contributed by atoms with Crippen molar-refractivity contribution >= 4 is 28.7 Å². The first-order valence-corrected chi connectivity index (χ1v) is 5.23. The fourth-order valence-electron chi connectivity index (χ4n) is 1.00. The van der Waals surface area contributed by atoms with E-state index in [1.54, 1.807) is 20.8 Å². The second-order valence-corrected chi connectivity index (χ2v) is 5.44. The molecule has 1 unspecified atom stereocenters. The predicted octanol–water partition coefficient (Wildman–Crippen LogP) is 1.34. The van der Waals surface area contributed by atoms with E-state index in [1.807, 2.05) is 0 Å². The molecule has 1 aliphatic heterocycles. The molecule has 1 N–H and O–H groups in total. The van der Waals surface area contributed by atoms with Crippen LogP contribution in [0.3, 0.4) is 0 Å². The number of ketones is 1. The van der Waals surface area contributed by atoms with Gasteiger partial charge in [0, 0.05) is 11.8 Å². The summed E-state index contributed by atoms with van der Waals surface area (Å²) < 4.78 is 0. The molecule has 1 aliphatic rings. The molecule has 1 atom stereocenters. The molecule has 5 heteroatoms. The number of carbonyl (C=O) groups is 3. The average Bonchev–Trinajstić information content (AvgIpc) is 2.28. The van der Waals surface area contributed by atoms with E-state index in [-0.39, 0.29) is 23.4 Å². The van der Waals surface area contributed by atoms with Crippen LogP contribution >= 0.6 is 11.8 Å². The van der Waals surface area contributed by atoms with Gasteiger partial charge in [-0.15, -0.1) is 0 Å². The predicted molar refractivity (Wildman–Crippen MR) is 54.0 cm³/mol. The van der Waals surface area contributed by atoms with Crippen molar-refractivity contribution in [3.05, 3.63) is 0 Å². The minimum atomic E-state index is -0.533. The molecule has 1 saturated heterocycles. The minimum Gasteiger partial charge on any atom is -0.299 e. The molecule has 1 rings (SSSR count). The van der Waals surface area contributed by atoms with Crippen LogP contribution < -0.4 is 5.32 Å². The summed E-state index contributed by atoms with van der Waals surface area (Å²) in [6.45, 7) is 5.40. The molecule has 78 valence electrons. The van der Waals surface area contributed by atoms with Gasteiger partial charge in [-0.1, -0.05) is 32.5 Å². The summed E-state index contributed by atoms with van der Waals surface area (Å²) in [7, 11) is 0. The highest BCUT2D eigenvalue weighted by atomic mass is 32.2. The van der Waals surface area contributed by atoms with Gasteiger partial charge >= 0.3 is 0 Å². The number of carbonyl (C=O) groups excluding carboxylic acids is 3. The van der Waals surface area contributed by atoms with Crippen molar-refractivity contribution < 1.29 is 14.4 Å². The molecule has 0 aliphatic carbocycles. The molecule has 0 saturated carbocycles. The number of thioether (sulfide) groups is 1. The summed E-state index contributed by atoms with van der Waals surface area (Å²) in [5, 5.41) is 1.26. The molecule has 14 heavy (non-hydrogen) atoms. The van der Waals surface area contributed by atoms with Crippen LogP contribution in [0.25, 0.3) is 0 Å². The summed E-state index contributed by atoms with van der Waals surface area (Å²) in [5.74, 6) is -0.350. The van der Waals surface area contributed by atoms with Crippen molar-refractivity contribution in [3.8, 4) is 0 Å². The lowest BCUT2D eigenvalue weighted by Crippen LogP contribution is -2.29. The van der Waals surface area contributed by atoms with Crippen molar-refractivity contribution in [2.24, 2.45) is 5.41 Å². The fraction of sp³-hybridized carbons (Fsp3) is 0.667. The molecular formula is C9H13NO3S. The third kappa shape index (κ3) is 2.57. The maximum absolute atomic E-state index is 11.6. The minimum absolute atomic E-state index is 0.000139. The van der Waals surface area contributed by atoms with Gasteiger partial charge in [-0.3, -0.25) is 19.7 Å². The van der Waals surface area contributed by atoms with Crippen molar-refractivity contribution in [1.82, 2.24) is 5.32 Å². The summed E-state index contributed by atoms with van der Waals surface area (Å²) in [6.07, 6.45) is 0.131. The van der Waals surface area contributed by atoms with Crippen molar-refractivity contribution in [2.75, 3.05) is 0 Å². The molecule has 0 spiro atoms. The Morgan fingerprint density at radius 3 is 2.36 bits per heavy atom. The van der Waals surface area contributed by atoms with Crippen LogP contribution in [0, 0.1) is 5.41 Å². The monoisotopic (exact) mass is 215 g/mol. The van der Waals surface area contributed by atoms with Crippen LogP contribution in [0.15, 0.2) is 0 Å². The maximum Gasteiger partial charge on any atom is 0.286 e. The van der Waals surface area contributed by atoms with Crippen molar-refractivity contribution in [3.63, 3.8) is 0 Å². The van der Waals surface area contributed by atoms with Crippen LogP contribution in [0.5, 0.6) is 0 Å². The highest BCUT2D eigenvalue weighted by molar-refractivity contribution is 8.15. The second-order valence-electron chi connectivity index (χ2n) is 4.26. The van der Waals surface area contributed by atoms with E-state index in [2.05, 4.69) is 5.32 Å². The first-order chi connectivity index (χ1) is 6.30. The van der Waals surface area contributed by atoms with Crippen molar-refractivity contribution in [2.45, 2.75) is 32.4 Å². The lowest BCUT2D eigenvalue weighted by molar-refractivity contribution is -0.128. The zero-order valence-electron chi connectivity index (χ0n) is 8.42. The first-order valence-electron chi connectivity index (χ1n) is 4.35. The average molecular weight is 215 g/mol. The van der Waals surface area contributed by atoms with Crippen LogP contribution in [0.2, 0.25) is 0 Å². The largest absolute Gasteiger partial charge is 0.299 e. The lowest BCUT2D eigenvalue weighted by atomic mass is 9.88. The Bertz CT molecular complexity index is 293. The topological polar surface area (TPSA) is 63.2 Å². The van der Waals surface area contributed by atoms with Crippen LogP contribution in [0.4, 0.5) is 4.79 Å². The third-order valence-corrected chi connectivity index (χ3v) is 2.96. The van der Waals surface area contributed by atoms with E-state index in [4.69, 9.17) is 0 Å². The molecular weight excluding hydrogens is 202 g/mol. The Hall–Kier alpha value is -0.840. The first kappa shape index (κ1) is 11.2. The molecule has 2 amide bonds. The van der Waals surface area contributed by atoms with Gasteiger partial charge in [-0.25, -0.2) is 0 Å². The van der Waals surface area contributed by atoms with Gasteiger partial charge in [0.1, 0.15) is 11.0 Å². The zero-order valence-corrected chi connectivity index (χ0v) is 9.23. The molecule has 1 fully saturated rings. The summed E-state index contributed by atoms with van der Waals surface area (Å²) >= 11 is 0.898. The molecule has 1 heterocycles. The normalized spacial score (nSPS) is 22.4. The number of imide groups is 1. The number of hydrogen-bond donors (Lipinski definition) is 1. The molecule has 0 radical (unpaired) electrons. The van der Waals surface area contributed by atoms with E-state index in [0.29, 0.717) is 0 Å². The Morgan fingerprint density at radius 1 is 1.43 bits per heavy atom. The van der Waals surface area contributed by atoms with Gasteiger partial charge in [0.15, 0.2) is 0 Å². The highest BCUT2D eigenvalue weighted by Crippen LogP contribution is 2.26. The van der Waals surface area contributed by atoms with Gasteiger partial charge in [-0.05, 0) is 0 Å². The number of amides is 2. The van der Waals surface area contributed by atoms with E-state index < -0.39 is 10.7 Å². The van der Waals surface area contributed by atoms with Crippen LogP contribution in [-0.4, -0.2) is 22.2 Å². The zero-order chi connectivity index (χ0) is 10.9. The van der Waals surface area contributed by atoms with Gasteiger partial charge < -0.3 is 0 Å². The molecule has 0 aromatic heterocycles. The number of Topliss-reactive ketones (excluding diaryl/α,β-unsaturated/α-hetero) is 1. The highest BCUT2D eigenvalue weighted by Gasteiger charge is 2.35. The molecule has 0 bridgehead atoms. The van der Waals surface area contributed by atoms with Gasteiger partial charge in [-0.2, -0.15) is 0 Å². The van der Waals surface area contributed by atoms with Crippen LogP contribution in [-0.2, 0) is 9.59 Å². The van der Waals surface area contributed by atoms with E-state index in [1.165, 1.54) is 0 Å². The van der Waals surface area contributed by atoms with Crippen molar-refractivity contribution in [1.29, 1.82) is 0 Å². The number of hydrogen-bond acceptors (Lipinski definition) is 4. The third-order valence-electron chi connectivity index (χ3n) is 1.97. The lowest BCUT2D eigenvalue weighted by Gasteiger charge is -2.17. The standard InChI is InChI=1S/C9H13NO3S/c1-9(2,3)6(11)4-5-7(12)10-8(13)14-5/h5H,4H2,1-3H3,(H,10,12,13). The Morgan fingerprint density at radius 2 is 2.00 bits per heavy atom. The van der Waals surface area contributed by atoms with Crippen LogP contribution in [0.1, 0.15) is 27.2 Å². The molecule has 0 aromatic carbocycles. The molecule has 4 nitrogen and oxygen atoms in total. The number of nitrogens with one attached hydrogen (secondary N) is 1. The van der Waals surface area contributed by atoms with E-state index in [0.717, 1.165) is 11.8 Å². The SMILES string of the molecule is CC(C)(C)C(=O)CC1SC(=O)NC1=O. The maximum atomic E-state index is 11.6. The number of rotatable bonds is 2. The second kappa shape index (κ2) is 3.73.